The zero-order chi connectivity index (χ0) is 20.0. The third-order valence-corrected chi connectivity index (χ3v) is 7.47. The highest BCUT2D eigenvalue weighted by Crippen LogP contribution is 2.22. The normalized spacial score (nSPS) is 18.8. The SMILES string of the molecule is CC[C@@H](C)NC(=O)C[NH+]1CCN(S(=O)(=O)c2ccc([C@H](C)CC)cc2)CC1. The molecule has 0 aromatic heterocycles. The number of benzene rings is 1. The lowest BCUT2D eigenvalue weighted by atomic mass is 9.99. The molecule has 2 rings (SSSR count). The van der Waals surface area contributed by atoms with Crippen LogP contribution in [0.15, 0.2) is 29.2 Å². The number of hydrogen-bond donors (Lipinski definition) is 2. The fourth-order valence-electron chi connectivity index (χ4n) is 3.23. The summed E-state index contributed by atoms with van der Waals surface area (Å²) in [7, 11) is -3.47. The van der Waals surface area contributed by atoms with Crippen molar-refractivity contribution in [3.8, 4) is 0 Å². The predicted molar refractivity (Wildman–Crippen MR) is 107 cm³/mol. The van der Waals surface area contributed by atoms with Gasteiger partial charge in [-0.2, -0.15) is 4.31 Å². The third-order valence-electron chi connectivity index (χ3n) is 5.56. The Morgan fingerprint density at radius 3 is 2.22 bits per heavy atom. The molecule has 0 aliphatic carbocycles. The number of rotatable bonds is 8. The number of sulfonamides is 1. The topological polar surface area (TPSA) is 70.9 Å². The van der Waals surface area contributed by atoms with Crippen LogP contribution in [0.25, 0.3) is 0 Å². The fourth-order valence-corrected chi connectivity index (χ4v) is 4.67. The molecule has 1 aromatic carbocycles. The standard InChI is InChI=1S/C20H33N3O3S/c1-5-16(3)18-7-9-19(10-8-18)27(25,26)23-13-11-22(12-14-23)15-20(24)21-17(4)6-2/h7-10,16-17H,5-6,11-15H2,1-4H3,(H,21,24)/p+1/t16-,17-/m1/s1. The second-order valence-corrected chi connectivity index (χ2v) is 9.52. The minimum absolute atomic E-state index is 0.0382. The van der Waals surface area contributed by atoms with Gasteiger partial charge in [-0.25, -0.2) is 8.42 Å². The fraction of sp³-hybridized carbons (Fsp3) is 0.650. The lowest BCUT2D eigenvalue weighted by Gasteiger charge is -2.31. The van der Waals surface area contributed by atoms with E-state index in [1.54, 1.807) is 16.4 Å². The first-order valence-electron chi connectivity index (χ1n) is 10.0. The molecule has 0 bridgehead atoms. The molecule has 27 heavy (non-hydrogen) atoms. The summed E-state index contributed by atoms with van der Waals surface area (Å²) in [5.41, 5.74) is 1.16. The molecule has 7 heteroatoms. The van der Waals surface area contributed by atoms with E-state index in [0.717, 1.165) is 23.3 Å². The van der Waals surface area contributed by atoms with Crippen LogP contribution < -0.4 is 10.2 Å². The molecule has 0 unspecified atom stereocenters. The predicted octanol–water partition coefficient (Wildman–Crippen LogP) is 1.00. The molecule has 1 saturated heterocycles. The molecular weight excluding hydrogens is 362 g/mol. The summed E-state index contributed by atoms with van der Waals surface area (Å²) in [5.74, 6) is 0.465. The minimum atomic E-state index is -3.47. The van der Waals surface area contributed by atoms with Crippen molar-refractivity contribution in [1.82, 2.24) is 9.62 Å². The number of piperazine rings is 1. The van der Waals surface area contributed by atoms with Crippen LogP contribution in [0.3, 0.4) is 0 Å². The third kappa shape index (κ3) is 5.77. The van der Waals surface area contributed by atoms with Crippen molar-refractivity contribution >= 4 is 15.9 Å². The molecule has 1 aliphatic heterocycles. The van der Waals surface area contributed by atoms with Crippen molar-refractivity contribution in [1.29, 1.82) is 0 Å². The van der Waals surface area contributed by atoms with Crippen molar-refractivity contribution in [3.63, 3.8) is 0 Å². The van der Waals surface area contributed by atoms with Crippen LogP contribution in [0, 0.1) is 0 Å². The highest BCUT2D eigenvalue weighted by atomic mass is 32.2. The zero-order valence-electron chi connectivity index (χ0n) is 17.0. The number of quaternary nitrogens is 1. The molecule has 152 valence electrons. The van der Waals surface area contributed by atoms with Crippen LogP contribution in [-0.2, 0) is 14.8 Å². The molecule has 6 nitrogen and oxygen atoms in total. The molecule has 1 fully saturated rings. The molecule has 0 spiro atoms. The summed E-state index contributed by atoms with van der Waals surface area (Å²) in [6.45, 7) is 10.9. The summed E-state index contributed by atoms with van der Waals surface area (Å²) in [6.07, 6.45) is 1.93. The Kier molecular flexibility index (Phi) is 7.82. The number of nitrogens with zero attached hydrogens (tertiary/aromatic N) is 1. The Bertz CT molecular complexity index is 710. The lowest BCUT2D eigenvalue weighted by molar-refractivity contribution is -0.895. The van der Waals surface area contributed by atoms with E-state index in [9.17, 15) is 13.2 Å². The highest BCUT2D eigenvalue weighted by molar-refractivity contribution is 7.89. The molecule has 1 heterocycles. The van der Waals surface area contributed by atoms with Gasteiger partial charge in [0.25, 0.3) is 5.91 Å². The number of hydrogen-bond acceptors (Lipinski definition) is 3. The number of carbonyl (C=O) groups excluding carboxylic acids is 1. The van der Waals surface area contributed by atoms with Gasteiger partial charge in [0.1, 0.15) is 0 Å². The maximum Gasteiger partial charge on any atom is 0.275 e. The first-order chi connectivity index (χ1) is 12.8. The van der Waals surface area contributed by atoms with Gasteiger partial charge < -0.3 is 10.2 Å². The van der Waals surface area contributed by atoms with Crippen LogP contribution in [0.4, 0.5) is 0 Å². The molecule has 2 atom stereocenters. The van der Waals surface area contributed by atoms with Crippen LogP contribution in [0.1, 0.15) is 52.0 Å². The highest BCUT2D eigenvalue weighted by Gasteiger charge is 2.31. The second-order valence-electron chi connectivity index (χ2n) is 7.59. The number of amides is 1. The Labute approximate surface area is 164 Å². The first kappa shape index (κ1) is 21.9. The van der Waals surface area contributed by atoms with E-state index in [4.69, 9.17) is 0 Å². The summed E-state index contributed by atoms with van der Waals surface area (Å²) < 4.78 is 27.3. The molecule has 1 aliphatic rings. The van der Waals surface area contributed by atoms with E-state index >= 15 is 0 Å². The van der Waals surface area contributed by atoms with Crippen LogP contribution >= 0.6 is 0 Å². The van der Waals surface area contributed by atoms with Gasteiger partial charge >= 0.3 is 0 Å². The van der Waals surface area contributed by atoms with E-state index in [1.807, 2.05) is 26.0 Å². The van der Waals surface area contributed by atoms with Gasteiger partial charge in [0, 0.05) is 6.04 Å². The van der Waals surface area contributed by atoms with Crippen LogP contribution in [-0.4, -0.2) is 57.4 Å². The van der Waals surface area contributed by atoms with Crippen molar-refractivity contribution in [3.05, 3.63) is 29.8 Å². The minimum Gasteiger partial charge on any atom is -0.349 e. The van der Waals surface area contributed by atoms with E-state index in [-0.39, 0.29) is 11.9 Å². The van der Waals surface area contributed by atoms with Crippen LogP contribution in [0.2, 0.25) is 0 Å². The number of carbonyl (C=O) groups is 1. The monoisotopic (exact) mass is 396 g/mol. The average Bonchev–Trinajstić information content (AvgIpc) is 2.67. The van der Waals surface area contributed by atoms with Gasteiger partial charge in [-0.15, -0.1) is 0 Å². The van der Waals surface area contributed by atoms with E-state index < -0.39 is 10.0 Å². The zero-order valence-corrected chi connectivity index (χ0v) is 17.8. The quantitative estimate of drug-likeness (QED) is 0.689. The summed E-state index contributed by atoms with van der Waals surface area (Å²) in [4.78, 5) is 13.5. The Morgan fingerprint density at radius 2 is 1.70 bits per heavy atom. The van der Waals surface area contributed by atoms with Gasteiger partial charge in [-0.3, -0.25) is 4.79 Å². The van der Waals surface area contributed by atoms with Gasteiger partial charge in [-0.1, -0.05) is 32.9 Å². The summed E-state index contributed by atoms with van der Waals surface area (Å²) in [6, 6.07) is 7.45. The summed E-state index contributed by atoms with van der Waals surface area (Å²) in [5, 5.41) is 2.97. The van der Waals surface area contributed by atoms with Crippen molar-refractivity contribution < 1.29 is 18.1 Å². The first-order valence-corrected chi connectivity index (χ1v) is 11.4. The largest absolute Gasteiger partial charge is 0.349 e. The van der Waals surface area contributed by atoms with Crippen LogP contribution in [0.5, 0.6) is 0 Å². The van der Waals surface area contributed by atoms with Gasteiger partial charge in [0.15, 0.2) is 6.54 Å². The molecule has 1 aromatic rings. The van der Waals surface area contributed by atoms with Gasteiger partial charge in [0.2, 0.25) is 10.0 Å². The van der Waals surface area contributed by atoms with Gasteiger partial charge in [-0.05, 0) is 43.4 Å². The van der Waals surface area contributed by atoms with E-state index in [2.05, 4.69) is 19.2 Å². The average molecular weight is 397 g/mol. The maximum absolute atomic E-state index is 12.9. The van der Waals surface area contributed by atoms with Crippen molar-refractivity contribution in [2.24, 2.45) is 0 Å². The molecule has 2 N–H and O–H groups in total. The maximum atomic E-state index is 12.9. The van der Waals surface area contributed by atoms with E-state index in [0.29, 0.717) is 43.5 Å². The Hall–Kier alpha value is -1.44. The molecular formula is C20H34N3O3S+. The lowest BCUT2D eigenvalue weighted by Crippen LogP contribution is -3.15. The Morgan fingerprint density at radius 1 is 1.11 bits per heavy atom. The molecule has 0 saturated carbocycles. The van der Waals surface area contributed by atoms with Gasteiger partial charge in [0.05, 0.1) is 31.1 Å². The Balaban J connectivity index is 1.93. The van der Waals surface area contributed by atoms with E-state index in [1.165, 1.54) is 0 Å². The van der Waals surface area contributed by atoms with Crippen molar-refractivity contribution in [2.75, 3.05) is 32.7 Å². The molecule has 1 amide bonds. The van der Waals surface area contributed by atoms with Crippen molar-refractivity contribution in [2.45, 2.75) is 57.4 Å². The summed E-state index contributed by atoms with van der Waals surface area (Å²) >= 11 is 0. The second kappa shape index (κ2) is 9.66. The number of nitrogens with one attached hydrogen (secondary N) is 2. The molecule has 0 radical (unpaired) electrons. The smallest absolute Gasteiger partial charge is 0.275 e.